The van der Waals surface area contributed by atoms with Crippen molar-refractivity contribution in [2.75, 3.05) is 0 Å². The zero-order valence-corrected chi connectivity index (χ0v) is 12.1. The third kappa shape index (κ3) is 4.33. The van der Waals surface area contributed by atoms with Crippen LogP contribution >= 0.6 is 0 Å². The summed E-state index contributed by atoms with van der Waals surface area (Å²) in [6.07, 6.45) is 6.31. The third-order valence-electron chi connectivity index (χ3n) is 4.42. The van der Waals surface area contributed by atoms with Crippen molar-refractivity contribution in [3.05, 3.63) is 0 Å². The van der Waals surface area contributed by atoms with Gasteiger partial charge < -0.3 is 4.74 Å². The van der Waals surface area contributed by atoms with Crippen LogP contribution in [0.1, 0.15) is 66.7 Å². The van der Waals surface area contributed by atoms with E-state index in [9.17, 15) is 4.79 Å². The molecule has 0 aromatic carbocycles. The highest BCUT2D eigenvalue weighted by molar-refractivity contribution is 5.66. The maximum Gasteiger partial charge on any atom is 0.302 e. The van der Waals surface area contributed by atoms with Crippen LogP contribution < -0.4 is 0 Å². The van der Waals surface area contributed by atoms with Crippen molar-refractivity contribution in [3.63, 3.8) is 0 Å². The monoisotopic (exact) mass is 240 g/mol. The minimum Gasteiger partial charge on any atom is -0.463 e. The Morgan fingerprint density at radius 3 is 2.65 bits per heavy atom. The number of ether oxygens (including phenoxy) is 1. The molecule has 17 heavy (non-hydrogen) atoms. The summed E-state index contributed by atoms with van der Waals surface area (Å²) in [6, 6.07) is 0. The Balaban J connectivity index is 2.45. The van der Waals surface area contributed by atoms with E-state index in [0.717, 1.165) is 18.3 Å². The highest BCUT2D eigenvalue weighted by Gasteiger charge is 2.36. The minimum atomic E-state index is -0.159. The molecule has 0 unspecified atom stereocenters. The number of rotatable bonds is 4. The predicted molar refractivity (Wildman–Crippen MR) is 70.7 cm³/mol. The summed E-state index contributed by atoms with van der Waals surface area (Å²) in [5.74, 6) is 1.42. The van der Waals surface area contributed by atoms with Crippen molar-refractivity contribution in [2.24, 2.45) is 17.3 Å². The predicted octanol–water partition coefficient (Wildman–Crippen LogP) is 4.18. The molecule has 0 aromatic rings. The number of carbonyl (C=O) groups is 1. The van der Waals surface area contributed by atoms with Gasteiger partial charge in [-0.3, -0.25) is 4.79 Å². The van der Waals surface area contributed by atoms with E-state index >= 15 is 0 Å². The number of hydrogen-bond donors (Lipinski definition) is 0. The van der Waals surface area contributed by atoms with Gasteiger partial charge in [0.2, 0.25) is 0 Å². The maximum atomic E-state index is 10.9. The van der Waals surface area contributed by atoms with Crippen LogP contribution in [0.25, 0.3) is 0 Å². The van der Waals surface area contributed by atoms with Crippen molar-refractivity contribution >= 4 is 5.97 Å². The number of esters is 1. The Kier molecular flexibility index (Phi) is 5.03. The molecule has 0 heterocycles. The summed E-state index contributed by atoms with van der Waals surface area (Å²) in [6.45, 7) is 10.7. The summed E-state index contributed by atoms with van der Waals surface area (Å²) >= 11 is 0. The van der Waals surface area contributed by atoms with Crippen LogP contribution in [0.3, 0.4) is 0 Å². The lowest BCUT2D eigenvalue weighted by molar-refractivity contribution is -0.146. The van der Waals surface area contributed by atoms with E-state index in [-0.39, 0.29) is 12.1 Å². The Labute approximate surface area is 106 Å². The van der Waals surface area contributed by atoms with Crippen molar-refractivity contribution < 1.29 is 9.53 Å². The van der Waals surface area contributed by atoms with Gasteiger partial charge in [-0.15, -0.1) is 0 Å². The van der Waals surface area contributed by atoms with E-state index in [0.29, 0.717) is 5.41 Å². The van der Waals surface area contributed by atoms with Gasteiger partial charge in [0.05, 0.1) is 6.10 Å². The molecule has 1 fully saturated rings. The lowest BCUT2D eigenvalue weighted by Gasteiger charge is -2.43. The molecule has 0 radical (unpaired) electrons. The average molecular weight is 240 g/mol. The fourth-order valence-corrected chi connectivity index (χ4v) is 3.47. The summed E-state index contributed by atoms with van der Waals surface area (Å²) < 4.78 is 5.21. The zero-order chi connectivity index (χ0) is 13.1. The van der Waals surface area contributed by atoms with Gasteiger partial charge in [-0.05, 0) is 43.4 Å². The highest BCUT2D eigenvalue weighted by atomic mass is 16.5. The van der Waals surface area contributed by atoms with Gasteiger partial charge >= 0.3 is 5.97 Å². The Hall–Kier alpha value is -0.530. The Bertz CT molecular complexity index is 258. The molecule has 0 aromatic heterocycles. The molecule has 0 saturated heterocycles. The van der Waals surface area contributed by atoms with Gasteiger partial charge in [0.1, 0.15) is 0 Å². The van der Waals surface area contributed by atoms with Crippen molar-refractivity contribution in [1.82, 2.24) is 0 Å². The second-order valence-corrected chi connectivity index (χ2v) is 6.46. The van der Waals surface area contributed by atoms with Crippen LogP contribution in [0.4, 0.5) is 0 Å². The van der Waals surface area contributed by atoms with Crippen molar-refractivity contribution in [1.29, 1.82) is 0 Å². The molecule has 2 heteroatoms. The molecule has 1 saturated carbocycles. The van der Waals surface area contributed by atoms with Gasteiger partial charge in [0.25, 0.3) is 0 Å². The highest BCUT2D eigenvalue weighted by Crippen LogP contribution is 2.46. The van der Waals surface area contributed by atoms with Crippen LogP contribution in [-0.2, 0) is 9.53 Å². The van der Waals surface area contributed by atoms with Crippen LogP contribution in [0.15, 0.2) is 0 Å². The van der Waals surface area contributed by atoms with E-state index in [2.05, 4.69) is 20.8 Å². The van der Waals surface area contributed by atoms with E-state index in [1.807, 2.05) is 6.92 Å². The van der Waals surface area contributed by atoms with E-state index < -0.39 is 0 Å². The molecule has 0 aliphatic heterocycles. The molecule has 0 bridgehead atoms. The Morgan fingerprint density at radius 1 is 1.47 bits per heavy atom. The normalized spacial score (nSPS) is 29.7. The molecule has 3 atom stereocenters. The average Bonchev–Trinajstić information content (AvgIpc) is 2.14. The van der Waals surface area contributed by atoms with Crippen LogP contribution in [0.2, 0.25) is 0 Å². The first-order valence-corrected chi connectivity index (χ1v) is 7.00. The third-order valence-corrected chi connectivity index (χ3v) is 4.42. The second kappa shape index (κ2) is 5.88. The molecule has 1 aliphatic rings. The number of hydrogen-bond acceptors (Lipinski definition) is 2. The minimum absolute atomic E-state index is 0.0671. The fraction of sp³-hybridized carbons (Fsp3) is 0.933. The van der Waals surface area contributed by atoms with E-state index in [4.69, 9.17) is 4.74 Å². The molecular weight excluding hydrogens is 212 g/mol. The molecule has 0 N–H and O–H groups in total. The summed E-state index contributed by atoms with van der Waals surface area (Å²) in [5, 5.41) is 0. The van der Waals surface area contributed by atoms with E-state index in [1.165, 1.54) is 32.6 Å². The van der Waals surface area contributed by atoms with Gasteiger partial charge in [-0.1, -0.05) is 33.6 Å². The van der Waals surface area contributed by atoms with Crippen LogP contribution in [0.5, 0.6) is 0 Å². The standard InChI is InChI=1S/C15H28O2/c1-11-7-6-10-15(4,5)14(11)9-8-12(2)17-13(3)16/h11-12,14H,6-10H2,1-5H3/t11-,12+,14-/m0/s1. The fourth-order valence-electron chi connectivity index (χ4n) is 3.47. The van der Waals surface area contributed by atoms with Gasteiger partial charge in [0.15, 0.2) is 0 Å². The quantitative estimate of drug-likeness (QED) is 0.689. The largest absolute Gasteiger partial charge is 0.463 e. The second-order valence-electron chi connectivity index (χ2n) is 6.46. The van der Waals surface area contributed by atoms with Crippen LogP contribution in [-0.4, -0.2) is 12.1 Å². The lowest BCUT2D eigenvalue weighted by Crippen LogP contribution is -2.34. The van der Waals surface area contributed by atoms with E-state index in [1.54, 1.807) is 0 Å². The first kappa shape index (κ1) is 14.5. The maximum absolute atomic E-state index is 10.9. The zero-order valence-electron chi connectivity index (χ0n) is 12.1. The lowest BCUT2D eigenvalue weighted by atomic mass is 9.62. The first-order valence-electron chi connectivity index (χ1n) is 7.00. The summed E-state index contributed by atoms with van der Waals surface area (Å²) in [4.78, 5) is 10.9. The smallest absolute Gasteiger partial charge is 0.302 e. The summed E-state index contributed by atoms with van der Waals surface area (Å²) in [5.41, 5.74) is 0.452. The Morgan fingerprint density at radius 2 is 2.12 bits per heavy atom. The molecule has 1 rings (SSSR count). The SMILES string of the molecule is CC(=O)O[C@H](C)CC[C@H]1[C@@H](C)CCCC1(C)C. The molecule has 1 aliphatic carbocycles. The topological polar surface area (TPSA) is 26.3 Å². The molecular formula is C15H28O2. The van der Waals surface area contributed by atoms with Gasteiger partial charge in [-0.25, -0.2) is 0 Å². The van der Waals surface area contributed by atoms with Gasteiger partial charge in [-0.2, -0.15) is 0 Å². The number of carbonyl (C=O) groups excluding carboxylic acids is 1. The molecule has 100 valence electrons. The molecule has 0 spiro atoms. The first-order chi connectivity index (χ1) is 7.83. The summed E-state index contributed by atoms with van der Waals surface area (Å²) in [7, 11) is 0. The van der Waals surface area contributed by atoms with Crippen LogP contribution in [0, 0.1) is 17.3 Å². The van der Waals surface area contributed by atoms with Crippen molar-refractivity contribution in [2.45, 2.75) is 72.8 Å². The van der Waals surface area contributed by atoms with Crippen molar-refractivity contribution in [3.8, 4) is 0 Å². The molecule has 2 nitrogen and oxygen atoms in total. The molecule has 0 amide bonds. The van der Waals surface area contributed by atoms with Gasteiger partial charge in [0, 0.05) is 6.92 Å².